The van der Waals surface area contributed by atoms with Crippen molar-refractivity contribution >= 4 is 17.7 Å². The SMILES string of the molecule is CC1CCC(NC(=O)Nc2ccc(O)c(C(=O)O)c2)C1C. The van der Waals surface area contributed by atoms with Crippen LogP contribution in [0.5, 0.6) is 5.75 Å². The molecule has 0 radical (unpaired) electrons. The van der Waals surface area contributed by atoms with E-state index in [0.29, 0.717) is 17.5 Å². The fraction of sp³-hybridized carbons (Fsp3) is 0.467. The molecule has 6 nitrogen and oxygen atoms in total. The lowest BCUT2D eigenvalue weighted by Gasteiger charge is -2.20. The minimum atomic E-state index is -1.24. The summed E-state index contributed by atoms with van der Waals surface area (Å²) >= 11 is 0. The minimum absolute atomic E-state index is 0.135. The van der Waals surface area contributed by atoms with Crippen molar-refractivity contribution in [1.29, 1.82) is 0 Å². The van der Waals surface area contributed by atoms with Gasteiger partial charge in [-0.05, 0) is 42.9 Å². The number of phenols is 1. The average molecular weight is 292 g/mol. The molecule has 1 aromatic carbocycles. The molecule has 1 aliphatic rings. The van der Waals surface area contributed by atoms with Gasteiger partial charge in [-0.2, -0.15) is 0 Å². The van der Waals surface area contributed by atoms with E-state index in [2.05, 4.69) is 24.5 Å². The number of hydrogen-bond acceptors (Lipinski definition) is 3. The zero-order valence-electron chi connectivity index (χ0n) is 12.1. The van der Waals surface area contributed by atoms with E-state index in [0.717, 1.165) is 12.8 Å². The summed E-state index contributed by atoms with van der Waals surface area (Å²) in [6.45, 7) is 4.29. The molecule has 3 unspecified atom stereocenters. The van der Waals surface area contributed by atoms with Crippen molar-refractivity contribution in [2.45, 2.75) is 32.7 Å². The number of hydrogen-bond donors (Lipinski definition) is 4. The first kappa shape index (κ1) is 15.2. The van der Waals surface area contributed by atoms with Gasteiger partial charge < -0.3 is 20.8 Å². The van der Waals surface area contributed by atoms with Crippen molar-refractivity contribution in [3.8, 4) is 5.75 Å². The summed E-state index contributed by atoms with van der Waals surface area (Å²) < 4.78 is 0. The first-order valence-electron chi connectivity index (χ1n) is 7.02. The second-order valence-corrected chi connectivity index (χ2v) is 5.66. The van der Waals surface area contributed by atoms with Gasteiger partial charge in [-0.15, -0.1) is 0 Å². The Kier molecular flexibility index (Phi) is 4.35. The van der Waals surface area contributed by atoms with E-state index in [1.165, 1.54) is 18.2 Å². The fourth-order valence-corrected chi connectivity index (χ4v) is 2.69. The van der Waals surface area contributed by atoms with E-state index in [1.54, 1.807) is 0 Å². The van der Waals surface area contributed by atoms with Gasteiger partial charge in [0.05, 0.1) is 0 Å². The maximum atomic E-state index is 12.0. The van der Waals surface area contributed by atoms with Crippen LogP contribution < -0.4 is 10.6 Å². The van der Waals surface area contributed by atoms with Crippen molar-refractivity contribution in [3.05, 3.63) is 23.8 Å². The lowest BCUT2D eigenvalue weighted by atomic mass is 9.98. The van der Waals surface area contributed by atoms with E-state index in [-0.39, 0.29) is 23.4 Å². The van der Waals surface area contributed by atoms with Crippen molar-refractivity contribution in [1.82, 2.24) is 5.32 Å². The zero-order chi connectivity index (χ0) is 15.6. The Morgan fingerprint density at radius 2 is 1.95 bits per heavy atom. The maximum Gasteiger partial charge on any atom is 0.339 e. The van der Waals surface area contributed by atoms with Gasteiger partial charge in [0.15, 0.2) is 0 Å². The Balaban J connectivity index is 2.00. The van der Waals surface area contributed by atoms with Gasteiger partial charge in [-0.25, -0.2) is 9.59 Å². The number of carboxylic acids is 1. The predicted molar refractivity (Wildman–Crippen MR) is 78.6 cm³/mol. The third-order valence-electron chi connectivity index (χ3n) is 4.27. The second kappa shape index (κ2) is 6.03. The molecule has 0 aliphatic heterocycles. The van der Waals surface area contributed by atoms with E-state index in [9.17, 15) is 14.7 Å². The summed E-state index contributed by atoms with van der Waals surface area (Å²) in [5.41, 5.74) is 0.0945. The Morgan fingerprint density at radius 3 is 2.52 bits per heavy atom. The van der Waals surface area contributed by atoms with Crippen LogP contribution in [0.3, 0.4) is 0 Å². The first-order chi connectivity index (χ1) is 9.88. The van der Waals surface area contributed by atoms with Crippen LogP contribution in [-0.4, -0.2) is 28.3 Å². The van der Waals surface area contributed by atoms with Gasteiger partial charge in [0, 0.05) is 11.7 Å². The molecule has 0 bridgehead atoms. The third kappa shape index (κ3) is 3.45. The normalized spacial score (nSPS) is 24.6. The van der Waals surface area contributed by atoms with Crippen LogP contribution in [0.4, 0.5) is 10.5 Å². The molecule has 2 amide bonds. The van der Waals surface area contributed by atoms with Gasteiger partial charge in [0.1, 0.15) is 11.3 Å². The second-order valence-electron chi connectivity index (χ2n) is 5.66. The first-order valence-corrected chi connectivity index (χ1v) is 7.02. The van der Waals surface area contributed by atoms with E-state index in [1.807, 2.05) is 0 Å². The van der Waals surface area contributed by atoms with Gasteiger partial charge in [-0.3, -0.25) is 0 Å². The lowest BCUT2D eigenvalue weighted by Crippen LogP contribution is -2.40. The number of rotatable bonds is 3. The number of amides is 2. The number of benzene rings is 1. The Hall–Kier alpha value is -2.24. The van der Waals surface area contributed by atoms with Crippen molar-refractivity contribution in [2.24, 2.45) is 11.8 Å². The van der Waals surface area contributed by atoms with E-state index in [4.69, 9.17) is 5.11 Å². The molecule has 1 aromatic rings. The van der Waals surface area contributed by atoms with Crippen LogP contribution >= 0.6 is 0 Å². The molecular weight excluding hydrogens is 272 g/mol. The lowest BCUT2D eigenvalue weighted by molar-refractivity contribution is 0.0693. The van der Waals surface area contributed by atoms with Crippen LogP contribution in [0.15, 0.2) is 18.2 Å². The molecule has 1 saturated carbocycles. The highest BCUT2D eigenvalue weighted by Gasteiger charge is 2.30. The number of carbonyl (C=O) groups excluding carboxylic acids is 1. The maximum absolute atomic E-state index is 12.0. The molecule has 1 fully saturated rings. The minimum Gasteiger partial charge on any atom is -0.507 e. The smallest absolute Gasteiger partial charge is 0.339 e. The van der Waals surface area contributed by atoms with Gasteiger partial charge in [-0.1, -0.05) is 13.8 Å². The van der Waals surface area contributed by atoms with Crippen LogP contribution in [0, 0.1) is 11.8 Å². The Morgan fingerprint density at radius 1 is 1.24 bits per heavy atom. The third-order valence-corrected chi connectivity index (χ3v) is 4.27. The topological polar surface area (TPSA) is 98.7 Å². The molecule has 1 aliphatic carbocycles. The average Bonchev–Trinajstić information content (AvgIpc) is 2.72. The molecule has 0 heterocycles. The summed E-state index contributed by atoms with van der Waals surface area (Å²) in [4.78, 5) is 22.9. The van der Waals surface area contributed by atoms with Gasteiger partial charge in [0.2, 0.25) is 0 Å². The van der Waals surface area contributed by atoms with Crippen LogP contribution in [0.25, 0.3) is 0 Å². The Bertz CT molecular complexity index is 559. The summed E-state index contributed by atoms with van der Waals surface area (Å²) in [5, 5.41) is 23.9. The molecule has 4 N–H and O–H groups in total. The monoisotopic (exact) mass is 292 g/mol. The number of nitrogens with one attached hydrogen (secondary N) is 2. The Labute approximate surface area is 123 Å². The summed E-state index contributed by atoms with van der Waals surface area (Å²) in [6.07, 6.45) is 2.04. The number of urea groups is 1. The molecule has 0 spiro atoms. The number of aromatic hydroxyl groups is 1. The van der Waals surface area contributed by atoms with Crippen LogP contribution in [0.2, 0.25) is 0 Å². The predicted octanol–water partition coefficient (Wildman–Crippen LogP) is 2.65. The quantitative estimate of drug-likeness (QED) is 0.644. The van der Waals surface area contributed by atoms with Gasteiger partial charge >= 0.3 is 12.0 Å². The highest BCUT2D eigenvalue weighted by atomic mass is 16.4. The summed E-state index contributed by atoms with van der Waals surface area (Å²) in [6, 6.07) is 3.72. The highest BCUT2D eigenvalue weighted by Crippen LogP contribution is 2.31. The van der Waals surface area contributed by atoms with E-state index < -0.39 is 5.97 Å². The number of aromatic carboxylic acids is 1. The zero-order valence-corrected chi connectivity index (χ0v) is 12.1. The number of carboxylic acid groups (broad SMARTS) is 1. The van der Waals surface area contributed by atoms with Crippen molar-refractivity contribution in [3.63, 3.8) is 0 Å². The summed E-state index contributed by atoms with van der Waals surface area (Å²) in [5.74, 6) is -0.561. The van der Waals surface area contributed by atoms with Crippen molar-refractivity contribution in [2.75, 3.05) is 5.32 Å². The van der Waals surface area contributed by atoms with Gasteiger partial charge in [0.25, 0.3) is 0 Å². The van der Waals surface area contributed by atoms with Crippen LogP contribution in [0.1, 0.15) is 37.0 Å². The molecule has 114 valence electrons. The number of carbonyl (C=O) groups is 2. The molecule has 6 heteroatoms. The standard InChI is InChI=1S/C15H20N2O4/c1-8-3-5-12(9(8)2)17-15(21)16-10-4-6-13(18)11(7-10)14(19)20/h4,6-9,12,18H,3,5H2,1-2H3,(H,19,20)(H2,16,17,21). The van der Waals surface area contributed by atoms with Crippen molar-refractivity contribution < 1.29 is 19.8 Å². The van der Waals surface area contributed by atoms with E-state index >= 15 is 0 Å². The molecule has 0 saturated heterocycles. The molecule has 3 atom stereocenters. The largest absolute Gasteiger partial charge is 0.507 e. The van der Waals surface area contributed by atoms with Crippen LogP contribution in [-0.2, 0) is 0 Å². The summed E-state index contributed by atoms with van der Waals surface area (Å²) in [7, 11) is 0. The molecule has 0 aromatic heterocycles. The number of anilines is 1. The molecule has 2 rings (SSSR count). The molecular formula is C15H20N2O4. The highest BCUT2D eigenvalue weighted by molar-refractivity contribution is 5.95. The fourth-order valence-electron chi connectivity index (χ4n) is 2.69. The molecule has 21 heavy (non-hydrogen) atoms.